The third-order valence-corrected chi connectivity index (χ3v) is 5.77. The van der Waals surface area contributed by atoms with Crippen molar-refractivity contribution in [3.05, 3.63) is 16.1 Å². The maximum absolute atomic E-state index is 12.5. The molecule has 2 rings (SSSR count). The Morgan fingerprint density at radius 1 is 1.39 bits per heavy atom. The first-order valence-corrected chi connectivity index (χ1v) is 11.0. The number of piperidine rings is 1. The number of carbonyl (C=O) groups excluding carboxylic acids is 1. The van der Waals surface area contributed by atoms with Gasteiger partial charge in [0.15, 0.2) is 5.96 Å². The van der Waals surface area contributed by atoms with Crippen molar-refractivity contribution in [3.8, 4) is 0 Å². The zero-order chi connectivity index (χ0) is 20.6. The molecule has 1 aromatic rings. The van der Waals surface area contributed by atoms with Gasteiger partial charge in [-0.15, -0.1) is 11.3 Å². The molecule has 1 aromatic heterocycles. The maximum atomic E-state index is 12.5. The smallest absolute Gasteiger partial charge is 0.410 e. The van der Waals surface area contributed by atoms with Gasteiger partial charge in [-0.05, 0) is 46.5 Å². The van der Waals surface area contributed by atoms with Crippen molar-refractivity contribution in [1.82, 2.24) is 20.5 Å². The Morgan fingerprint density at radius 2 is 2.18 bits per heavy atom. The predicted octanol–water partition coefficient (Wildman–Crippen LogP) is 3.20. The van der Waals surface area contributed by atoms with Crippen molar-refractivity contribution < 1.29 is 9.53 Å². The average Bonchev–Trinajstić information content (AvgIpc) is 3.11. The van der Waals surface area contributed by atoms with Crippen molar-refractivity contribution in [2.45, 2.75) is 71.4 Å². The van der Waals surface area contributed by atoms with Crippen LogP contribution >= 0.6 is 11.3 Å². The van der Waals surface area contributed by atoms with Crippen LogP contribution in [0.15, 0.2) is 11.2 Å². The van der Waals surface area contributed by atoms with Gasteiger partial charge in [0.25, 0.3) is 0 Å². The van der Waals surface area contributed by atoms with Crippen LogP contribution in [0.25, 0.3) is 0 Å². The van der Waals surface area contributed by atoms with Crippen molar-refractivity contribution >= 4 is 23.4 Å². The molecule has 0 spiro atoms. The van der Waals surface area contributed by atoms with Crippen LogP contribution in [0.4, 0.5) is 4.79 Å². The molecule has 0 aliphatic carbocycles. The van der Waals surface area contributed by atoms with Gasteiger partial charge in [0.1, 0.15) is 5.60 Å². The van der Waals surface area contributed by atoms with Crippen LogP contribution in [-0.4, -0.2) is 60.3 Å². The predicted molar refractivity (Wildman–Crippen MR) is 115 cm³/mol. The molecule has 1 saturated heterocycles. The molecule has 0 saturated carbocycles. The molecular formula is C20H35N5O2S. The lowest BCUT2D eigenvalue weighted by atomic mass is 10.0. The van der Waals surface area contributed by atoms with Gasteiger partial charge in [-0.1, -0.05) is 6.92 Å². The Labute approximate surface area is 173 Å². The van der Waals surface area contributed by atoms with E-state index in [9.17, 15) is 4.79 Å². The number of aliphatic imine (C=N–C) groups is 1. The van der Waals surface area contributed by atoms with Gasteiger partial charge >= 0.3 is 6.09 Å². The summed E-state index contributed by atoms with van der Waals surface area (Å²) in [6, 6.07) is 0.119. The highest BCUT2D eigenvalue weighted by atomic mass is 32.1. The third-order valence-electron chi connectivity index (χ3n) is 4.57. The summed E-state index contributed by atoms with van der Waals surface area (Å²) in [5.74, 6) is 0.752. The van der Waals surface area contributed by atoms with Gasteiger partial charge in [0, 0.05) is 44.2 Å². The van der Waals surface area contributed by atoms with E-state index < -0.39 is 5.60 Å². The van der Waals surface area contributed by atoms with Gasteiger partial charge in [-0.3, -0.25) is 4.99 Å². The number of carbonyl (C=O) groups is 1. The number of nitrogens with zero attached hydrogens (tertiary/aromatic N) is 3. The zero-order valence-corrected chi connectivity index (χ0v) is 18.7. The molecule has 1 amide bonds. The average molecular weight is 410 g/mol. The SMILES string of the molecule is CCc1cnc(CCNC(=NC)NCC2CCCCN2C(=O)OC(C)(C)C)s1. The molecule has 1 atom stereocenters. The molecule has 2 heterocycles. The van der Waals surface area contributed by atoms with Crippen LogP contribution in [0, 0.1) is 0 Å². The normalized spacial score (nSPS) is 18.1. The van der Waals surface area contributed by atoms with E-state index in [0.29, 0.717) is 6.54 Å². The second kappa shape index (κ2) is 10.6. The van der Waals surface area contributed by atoms with Gasteiger partial charge in [0.05, 0.1) is 11.0 Å². The number of amides is 1. The largest absolute Gasteiger partial charge is 0.444 e. The first-order chi connectivity index (χ1) is 13.3. The summed E-state index contributed by atoms with van der Waals surface area (Å²) < 4.78 is 5.57. The molecule has 0 aromatic carbocycles. The number of nitrogens with one attached hydrogen (secondary N) is 2. The van der Waals surface area contributed by atoms with Gasteiger partial charge in [0.2, 0.25) is 0 Å². The minimum absolute atomic E-state index is 0.119. The number of hydrogen-bond donors (Lipinski definition) is 2. The van der Waals surface area contributed by atoms with Crippen LogP contribution in [0.5, 0.6) is 0 Å². The molecule has 28 heavy (non-hydrogen) atoms. The van der Waals surface area contributed by atoms with Gasteiger partial charge in [-0.2, -0.15) is 0 Å². The van der Waals surface area contributed by atoms with Crippen LogP contribution in [-0.2, 0) is 17.6 Å². The molecule has 1 aliphatic rings. The van der Waals surface area contributed by atoms with E-state index >= 15 is 0 Å². The molecule has 1 aliphatic heterocycles. The van der Waals surface area contributed by atoms with E-state index in [0.717, 1.165) is 56.2 Å². The highest BCUT2D eigenvalue weighted by Gasteiger charge is 2.30. The third kappa shape index (κ3) is 7.30. The summed E-state index contributed by atoms with van der Waals surface area (Å²) in [6.07, 6.45) is 6.77. The number of likely N-dealkylation sites (tertiary alicyclic amines) is 1. The summed E-state index contributed by atoms with van der Waals surface area (Å²) in [7, 11) is 1.76. The Morgan fingerprint density at radius 3 is 2.82 bits per heavy atom. The zero-order valence-electron chi connectivity index (χ0n) is 17.9. The number of thiazole rings is 1. The van der Waals surface area contributed by atoms with Crippen LogP contribution in [0.1, 0.15) is 56.8 Å². The molecule has 2 N–H and O–H groups in total. The lowest BCUT2D eigenvalue weighted by Crippen LogP contribution is -2.52. The minimum Gasteiger partial charge on any atom is -0.444 e. The van der Waals surface area contributed by atoms with Crippen LogP contribution in [0.2, 0.25) is 0 Å². The Bertz CT molecular complexity index is 653. The second-order valence-electron chi connectivity index (χ2n) is 8.03. The van der Waals surface area contributed by atoms with Crippen molar-refractivity contribution in [1.29, 1.82) is 0 Å². The van der Waals surface area contributed by atoms with E-state index in [-0.39, 0.29) is 12.1 Å². The number of rotatable bonds is 6. The molecule has 1 unspecified atom stereocenters. The highest BCUT2D eigenvalue weighted by Crippen LogP contribution is 2.20. The number of guanidine groups is 1. The first-order valence-electron chi connectivity index (χ1n) is 10.2. The molecular weight excluding hydrogens is 374 g/mol. The topological polar surface area (TPSA) is 78.9 Å². The summed E-state index contributed by atoms with van der Waals surface area (Å²) in [6.45, 7) is 10.0. The molecule has 8 heteroatoms. The molecule has 1 fully saturated rings. The van der Waals surface area contributed by atoms with E-state index in [4.69, 9.17) is 4.74 Å². The molecule has 0 radical (unpaired) electrons. The van der Waals surface area contributed by atoms with Crippen LogP contribution < -0.4 is 10.6 Å². The number of hydrogen-bond acceptors (Lipinski definition) is 5. The summed E-state index contributed by atoms with van der Waals surface area (Å²) in [5.41, 5.74) is -0.475. The van der Waals surface area contributed by atoms with Crippen LogP contribution in [0.3, 0.4) is 0 Å². The fraction of sp³-hybridized carbons (Fsp3) is 0.750. The van der Waals surface area contributed by atoms with Crippen molar-refractivity contribution in [3.63, 3.8) is 0 Å². The monoisotopic (exact) mass is 409 g/mol. The summed E-state index contributed by atoms with van der Waals surface area (Å²) >= 11 is 1.77. The highest BCUT2D eigenvalue weighted by molar-refractivity contribution is 7.11. The quantitative estimate of drug-likeness (QED) is 0.557. The van der Waals surface area contributed by atoms with E-state index in [1.54, 1.807) is 18.4 Å². The first kappa shape index (κ1) is 22.5. The molecule has 0 bridgehead atoms. The second-order valence-corrected chi connectivity index (χ2v) is 9.23. The maximum Gasteiger partial charge on any atom is 0.410 e. The van der Waals surface area contributed by atoms with E-state index in [2.05, 4.69) is 27.5 Å². The standard InChI is InChI=1S/C20H35N5O2S/c1-6-16-14-23-17(28-16)10-11-22-18(21-5)24-13-15-9-7-8-12-25(15)19(26)27-20(2,3)4/h14-15H,6-13H2,1-5H3,(H2,21,22,24). The van der Waals surface area contributed by atoms with E-state index in [1.807, 2.05) is 31.9 Å². The Hall–Kier alpha value is -1.83. The van der Waals surface area contributed by atoms with E-state index in [1.165, 1.54) is 4.88 Å². The fourth-order valence-electron chi connectivity index (χ4n) is 3.12. The molecule has 158 valence electrons. The lowest BCUT2D eigenvalue weighted by molar-refractivity contribution is 0.0104. The minimum atomic E-state index is -0.475. The summed E-state index contributed by atoms with van der Waals surface area (Å²) in [4.78, 5) is 24.4. The summed E-state index contributed by atoms with van der Waals surface area (Å²) in [5, 5.41) is 7.84. The molecule has 7 nitrogen and oxygen atoms in total. The lowest BCUT2D eigenvalue weighted by Gasteiger charge is -2.37. The number of aryl methyl sites for hydroxylation is 1. The Kier molecular flexibility index (Phi) is 8.54. The van der Waals surface area contributed by atoms with Crippen molar-refractivity contribution in [2.24, 2.45) is 4.99 Å². The van der Waals surface area contributed by atoms with Crippen molar-refractivity contribution in [2.75, 3.05) is 26.7 Å². The number of aromatic nitrogens is 1. The fourth-order valence-corrected chi connectivity index (χ4v) is 3.99. The number of ether oxygens (including phenoxy) is 1. The Balaban J connectivity index is 1.80. The van der Waals surface area contributed by atoms with Gasteiger partial charge < -0.3 is 20.3 Å². The van der Waals surface area contributed by atoms with Gasteiger partial charge in [-0.25, -0.2) is 9.78 Å².